The molecule has 0 radical (unpaired) electrons. The zero-order valence-corrected chi connectivity index (χ0v) is 11.4. The largest absolute Gasteiger partial charge is 0.482 e. The molecule has 0 saturated carbocycles. The average Bonchev–Trinajstić information content (AvgIpc) is 2.74. The standard InChI is InChI=1S/C12H17NO4S/c1-7(2)8(3)13-10(14)6-17-9-4-5-18-11(9)12(15)16/h4-5,7-8H,6H2,1-3H3,(H,13,14)(H,15,16). The Morgan fingerprint density at radius 2 is 2.11 bits per heavy atom. The van der Waals surface area contributed by atoms with Crippen molar-refractivity contribution >= 4 is 23.2 Å². The SMILES string of the molecule is CC(C)C(C)NC(=O)COc1ccsc1C(=O)O. The minimum Gasteiger partial charge on any atom is -0.482 e. The maximum absolute atomic E-state index is 11.6. The van der Waals surface area contributed by atoms with Gasteiger partial charge in [-0.1, -0.05) is 13.8 Å². The Kier molecular flexibility index (Phi) is 5.15. The highest BCUT2D eigenvalue weighted by atomic mass is 32.1. The number of hydrogen-bond acceptors (Lipinski definition) is 4. The van der Waals surface area contributed by atoms with Crippen molar-refractivity contribution in [2.75, 3.05) is 6.61 Å². The van der Waals surface area contributed by atoms with Gasteiger partial charge in [-0.25, -0.2) is 4.79 Å². The summed E-state index contributed by atoms with van der Waals surface area (Å²) in [6.45, 7) is 5.75. The quantitative estimate of drug-likeness (QED) is 0.829. The number of ether oxygens (including phenoxy) is 1. The van der Waals surface area contributed by atoms with Crippen LogP contribution in [0.5, 0.6) is 5.75 Å². The lowest BCUT2D eigenvalue weighted by Crippen LogP contribution is -2.39. The fourth-order valence-electron chi connectivity index (χ4n) is 1.17. The molecule has 1 aromatic heterocycles. The second-order valence-electron chi connectivity index (χ2n) is 4.31. The summed E-state index contributed by atoms with van der Waals surface area (Å²) in [5, 5.41) is 13.3. The number of carbonyl (C=O) groups excluding carboxylic acids is 1. The first-order valence-electron chi connectivity index (χ1n) is 5.64. The highest BCUT2D eigenvalue weighted by molar-refractivity contribution is 7.12. The van der Waals surface area contributed by atoms with Crippen molar-refractivity contribution < 1.29 is 19.4 Å². The van der Waals surface area contributed by atoms with Crippen molar-refractivity contribution in [1.29, 1.82) is 0 Å². The number of carboxylic acid groups (broad SMARTS) is 1. The third-order valence-electron chi connectivity index (χ3n) is 2.57. The molecule has 2 N–H and O–H groups in total. The number of hydrogen-bond donors (Lipinski definition) is 2. The van der Waals surface area contributed by atoms with Crippen molar-refractivity contribution in [1.82, 2.24) is 5.32 Å². The maximum atomic E-state index is 11.6. The second kappa shape index (κ2) is 6.39. The zero-order valence-electron chi connectivity index (χ0n) is 10.6. The molecule has 6 heteroatoms. The summed E-state index contributed by atoms with van der Waals surface area (Å²) in [5.74, 6) is -0.723. The van der Waals surface area contributed by atoms with E-state index in [0.717, 1.165) is 11.3 Å². The predicted octanol–water partition coefficient (Wildman–Crippen LogP) is 1.99. The predicted molar refractivity (Wildman–Crippen MR) is 69.2 cm³/mol. The molecule has 0 aliphatic rings. The molecule has 0 bridgehead atoms. The van der Waals surface area contributed by atoms with E-state index < -0.39 is 5.97 Å². The number of carboxylic acids is 1. The zero-order chi connectivity index (χ0) is 13.7. The van der Waals surface area contributed by atoms with Crippen LogP contribution in [0.4, 0.5) is 0 Å². The molecule has 1 amide bonds. The second-order valence-corrected chi connectivity index (χ2v) is 5.22. The van der Waals surface area contributed by atoms with Crippen molar-refractivity contribution in [3.05, 3.63) is 16.3 Å². The molecule has 5 nitrogen and oxygen atoms in total. The molecule has 0 saturated heterocycles. The molecule has 0 aromatic carbocycles. The number of amides is 1. The van der Waals surface area contributed by atoms with E-state index >= 15 is 0 Å². The Labute approximate surface area is 110 Å². The smallest absolute Gasteiger partial charge is 0.349 e. The van der Waals surface area contributed by atoms with Crippen molar-refractivity contribution in [3.63, 3.8) is 0 Å². The summed E-state index contributed by atoms with van der Waals surface area (Å²) in [7, 11) is 0. The number of aromatic carboxylic acids is 1. The van der Waals surface area contributed by atoms with E-state index in [1.54, 1.807) is 11.4 Å². The van der Waals surface area contributed by atoms with Gasteiger partial charge in [-0.3, -0.25) is 4.79 Å². The third-order valence-corrected chi connectivity index (χ3v) is 3.45. The lowest BCUT2D eigenvalue weighted by Gasteiger charge is -2.17. The van der Waals surface area contributed by atoms with Crippen LogP contribution in [0.2, 0.25) is 0 Å². The van der Waals surface area contributed by atoms with Gasteiger partial charge in [0.15, 0.2) is 11.5 Å². The van der Waals surface area contributed by atoms with Gasteiger partial charge >= 0.3 is 5.97 Å². The van der Waals surface area contributed by atoms with Crippen LogP contribution in [0, 0.1) is 5.92 Å². The Morgan fingerprint density at radius 3 is 2.67 bits per heavy atom. The van der Waals surface area contributed by atoms with Gasteiger partial charge in [0, 0.05) is 6.04 Å². The summed E-state index contributed by atoms with van der Waals surface area (Å²) in [6, 6.07) is 1.61. The van der Waals surface area contributed by atoms with Crippen LogP contribution >= 0.6 is 11.3 Å². The van der Waals surface area contributed by atoms with Gasteiger partial charge in [-0.2, -0.15) is 0 Å². The molecule has 0 aliphatic carbocycles. The van der Waals surface area contributed by atoms with Crippen molar-refractivity contribution in [2.45, 2.75) is 26.8 Å². The number of rotatable bonds is 6. The summed E-state index contributed by atoms with van der Waals surface area (Å²) >= 11 is 1.07. The lowest BCUT2D eigenvalue weighted by atomic mass is 10.1. The monoisotopic (exact) mass is 271 g/mol. The van der Waals surface area contributed by atoms with E-state index in [9.17, 15) is 9.59 Å². The summed E-state index contributed by atoms with van der Waals surface area (Å²) < 4.78 is 5.20. The van der Waals surface area contributed by atoms with Gasteiger partial charge < -0.3 is 15.2 Å². The maximum Gasteiger partial charge on any atom is 0.349 e. The molecule has 1 rings (SSSR count). The molecule has 1 atom stereocenters. The normalized spacial score (nSPS) is 12.2. The number of thiophene rings is 1. The average molecular weight is 271 g/mol. The summed E-state index contributed by atoms with van der Waals surface area (Å²) in [6.07, 6.45) is 0. The van der Waals surface area contributed by atoms with E-state index in [-0.39, 0.29) is 29.2 Å². The van der Waals surface area contributed by atoms with Gasteiger partial charge in [0.2, 0.25) is 0 Å². The van der Waals surface area contributed by atoms with Gasteiger partial charge in [-0.15, -0.1) is 11.3 Å². The molecule has 0 aliphatic heterocycles. The molecule has 0 spiro atoms. The molecule has 1 heterocycles. The van der Waals surface area contributed by atoms with Crippen LogP contribution < -0.4 is 10.1 Å². The first-order valence-corrected chi connectivity index (χ1v) is 6.52. The highest BCUT2D eigenvalue weighted by Gasteiger charge is 2.15. The van der Waals surface area contributed by atoms with E-state index in [2.05, 4.69) is 5.32 Å². The van der Waals surface area contributed by atoms with Crippen LogP contribution in [-0.2, 0) is 4.79 Å². The van der Waals surface area contributed by atoms with Crippen LogP contribution in [0.25, 0.3) is 0 Å². The lowest BCUT2D eigenvalue weighted by molar-refractivity contribution is -0.124. The molecule has 1 unspecified atom stereocenters. The molecular formula is C12H17NO4S. The molecule has 18 heavy (non-hydrogen) atoms. The molecule has 100 valence electrons. The molecule has 0 fully saturated rings. The first kappa shape index (κ1) is 14.5. The van der Waals surface area contributed by atoms with E-state index in [4.69, 9.17) is 9.84 Å². The van der Waals surface area contributed by atoms with Gasteiger partial charge in [0.25, 0.3) is 5.91 Å². The highest BCUT2D eigenvalue weighted by Crippen LogP contribution is 2.24. The number of carbonyl (C=O) groups is 2. The molecular weight excluding hydrogens is 254 g/mol. The van der Waals surface area contributed by atoms with Crippen molar-refractivity contribution in [3.8, 4) is 5.75 Å². The first-order chi connectivity index (χ1) is 8.41. The van der Waals surface area contributed by atoms with E-state index in [1.165, 1.54) is 0 Å². The summed E-state index contributed by atoms with van der Waals surface area (Å²) in [4.78, 5) is 22.5. The van der Waals surface area contributed by atoms with E-state index in [1.807, 2.05) is 20.8 Å². The van der Waals surface area contributed by atoms with Crippen LogP contribution in [-0.4, -0.2) is 29.6 Å². The Balaban J connectivity index is 2.48. The minimum atomic E-state index is -1.05. The Bertz CT molecular complexity index is 427. The van der Waals surface area contributed by atoms with Gasteiger partial charge in [-0.05, 0) is 24.3 Å². The van der Waals surface area contributed by atoms with Crippen LogP contribution in [0.1, 0.15) is 30.4 Å². The van der Waals surface area contributed by atoms with Crippen molar-refractivity contribution in [2.24, 2.45) is 5.92 Å². The van der Waals surface area contributed by atoms with Crippen LogP contribution in [0.3, 0.4) is 0 Å². The Hall–Kier alpha value is -1.56. The Morgan fingerprint density at radius 1 is 1.44 bits per heavy atom. The third kappa shape index (κ3) is 4.03. The molecule has 1 aromatic rings. The number of nitrogens with one attached hydrogen (secondary N) is 1. The topological polar surface area (TPSA) is 75.6 Å². The minimum absolute atomic E-state index is 0.0579. The van der Waals surface area contributed by atoms with Gasteiger partial charge in [0.05, 0.1) is 0 Å². The fourth-order valence-corrected chi connectivity index (χ4v) is 1.84. The fraction of sp³-hybridized carbons (Fsp3) is 0.500. The van der Waals surface area contributed by atoms with Crippen LogP contribution in [0.15, 0.2) is 11.4 Å². The van der Waals surface area contributed by atoms with Gasteiger partial charge in [0.1, 0.15) is 5.75 Å². The van der Waals surface area contributed by atoms with E-state index in [0.29, 0.717) is 5.92 Å². The summed E-state index contributed by atoms with van der Waals surface area (Å²) in [5.41, 5.74) is 0.